The zero-order valence-corrected chi connectivity index (χ0v) is 32.8. The van der Waals surface area contributed by atoms with Gasteiger partial charge in [-0.25, -0.2) is 9.37 Å². The lowest BCUT2D eigenvalue weighted by molar-refractivity contribution is -0.249. The Morgan fingerprint density at radius 1 is 0.885 bits per heavy atom. The molecule has 6 fully saturated rings. The average Bonchev–Trinajstić information content (AvgIpc) is 3.85. The fourth-order valence-electron chi connectivity index (χ4n) is 14.8. The lowest BCUT2D eigenvalue weighted by atomic mass is 9.32. The van der Waals surface area contributed by atoms with Gasteiger partial charge in [0.15, 0.2) is 0 Å². The van der Waals surface area contributed by atoms with Crippen molar-refractivity contribution in [2.24, 2.45) is 56.7 Å². The number of nitrogens with one attached hydrogen (secondary N) is 1. The van der Waals surface area contributed by atoms with Gasteiger partial charge in [-0.3, -0.25) is 9.59 Å². The first-order valence-corrected chi connectivity index (χ1v) is 20.5. The highest BCUT2D eigenvalue weighted by Crippen LogP contribution is 2.78. The molecule has 5 saturated carbocycles. The molecule has 7 heteroatoms. The van der Waals surface area contributed by atoms with E-state index >= 15 is 4.79 Å². The van der Waals surface area contributed by atoms with E-state index in [1.807, 2.05) is 6.20 Å². The molecule has 1 N–H and O–H groups in total. The molecule has 1 amide bonds. The summed E-state index contributed by atoms with van der Waals surface area (Å²) in [7, 11) is 0. The van der Waals surface area contributed by atoms with Gasteiger partial charge >= 0.3 is 5.97 Å². The monoisotopic (exact) mass is 711 g/mol. The third-order valence-electron chi connectivity index (χ3n) is 17.3. The third-order valence-corrected chi connectivity index (χ3v) is 17.3. The molecule has 6 aliphatic rings. The van der Waals surface area contributed by atoms with E-state index in [2.05, 4.69) is 58.0 Å². The molecule has 0 bridgehead atoms. The number of carbonyl (C=O) groups excluding carboxylic acids is 2. The summed E-state index contributed by atoms with van der Waals surface area (Å²) in [5.74, 6) is 3.09. The predicted molar refractivity (Wildman–Crippen MR) is 202 cm³/mol. The molecule has 282 valence electrons. The van der Waals surface area contributed by atoms with Crippen molar-refractivity contribution >= 4 is 11.9 Å². The number of hydrogen-bond donors (Lipinski definition) is 1. The summed E-state index contributed by atoms with van der Waals surface area (Å²) in [5.41, 5.74) is 3.12. The first-order valence-electron chi connectivity index (χ1n) is 20.5. The first-order chi connectivity index (χ1) is 24.6. The second-order valence-electron chi connectivity index (χ2n) is 19.6. The lowest BCUT2D eigenvalue weighted by Gasteiger charge is -2.73. The van der Waals surface area contributed by atoms with Crippen molar-refractivity contribution in [3.63, 3.8) is 0 Å². The number of esters is 1. The van der Waals surface area contributed by atoms with E-state index < -0.39 is 0 Å². The average molecular weight is 712 g/mol. The van der Waals surface area contributed by atoms with E-state index in [1.165, 1.54) is 43.4 Å². The number of aromatic nitrogens is 2. The van der Waals surface area contributed by atoms with Crippen LogP contribution in [0.1, 0.15) is 137 Å². The molecule has 1 aromatic carbocycles. The van der Waals surface area contributed by atoms with Gasteiger partial charge in [-0.2, -0.15) is 0 Å². The van der Waals surface area contributed by atoms with E-state index in [0.717, 1.165) is 75.0 Å². The molecule has 2 aromatic rings. The van der Waals surface area contributed by atoms with E-state index in [9.17, 15) is 9.18 Å². The topological polar surface area (TPSA) is 75.3 Å². The van der Waals surface area contributed by atoms with E-state index in [0.29, 0.717) is 35.5 Å². The molecule has 8 rings (SSSR count). The van der Waals surface area contributed by atoms with Crippen LogP contribution in [0.5, 0.6) is 0 Å². The number of benzene rings is 1. The summed E-state index contributed by atoms with van der Waals surface area (Å²) in [6.07, 6.45) is 14.6. The van der Waals surface area contributed by atoms with Gasteiger partial charge in [0, 0.05) is 18.9 Å². The lowest BCUT2D eigenvalue weighted by Crippen LogP contribution is -2.67. The summed E-state index contributed by atoms with van der Waals surface area (Å²) >= 11 is 0. The number of rotatable bonds is 5. The van der Waals surface area contributed by atoms with Crippen LogP contribution in [-0.4, -0.2) is 39.4 Å². The van der Waals surface area contributed by atoms with Crippen molar-refractivity contribution in [1.29, 1.82) is 0 Å². The zero-order valence-electron chi connectivity index (χ0n) is 32.8. The molecular weight excluding hydrogens is 650 g/mol. The number of H-pyrrole nitrogens is 1. The summed E-state index contributed by atoms with van der Waals surface area (Å²) in [5, 5.41) is 0. The van der Waals surface area contributed by atoms with Gasteiger partial charge in [-0.1, -0.05) is 46.8 Å². The largest absolute Gasteiger partial charge is 0.462 e. The predicted octanol–water partition coefficient (Wildman–Crippen LogP) is 10.5. The number of allylic oxidation sites excluding steroid dienone is 1. The van der Waals surface area contributed by atoms with Crippen LogP contribution >= 0.6 is 0 Å². The number of carbonyl (C=O) groups is 2. The van der Waals surface area contributed by atoms with Crippen molar-refractivity contribution in [1.82, 2.24) is 14.9 Å². The van der Waals surface area contributed by atoms with Crippen molar-refractivity contribution < 1.29 is 18.7 Å². The van der Waals surface area contributed by atoms with Crippen LogP contribution in [0, 0.1) is 62.5 Å². The van der Waals surface area contributed by atoms with Crippen LogP contribution in [-0.2, 0) is 14.3 Å². The van der Waals surface area contributed by atoms with E-state index in [-0.39, 0.29) is 51.0 Å². The Balaban J connectivity index is 1.10. The molecule has 0 spiro atoms. The van der Waals surface area contributed by atoms with Gasteiger partial charge in [-0.05, 0) is 160 Å². The normalized spacial score (nSPS) is 42.1. The standard InChI is InChI=1S/C45H62FN3O3/c1-27(2)31-17-22-45(40(51)49-25-9-10-34(49)39-47-26-33(48-39)29-11-13-30(46)14-12-29)24-23-43(7)32(38(31)45)15-16-36-42(6)20-19-37(52-28(3)50)41(4,5)35(42)18-21-44(36,43)8/h11-14,26,31-32,34-38H,1,9-10,15-25H2,2-8H3,(H,47,48)/t31-,32+,34-,35?,36?,37-,38?,42-,43+,44+,45-/m0/s1. The Morgan fingerprint density at radius 3 is 2.35 bits per heavy atom. The maximum Gasteiger partial charge on any atom is 0.302 e. The van der Waals surface area contributed by atoms with Crippen molar-refractivity contribution in [3.8, 4) is 11.3 Å². The van der Waals surface area contributed by atoms with Crippen LogP contribution in [0.2, 0.25) is 0 Å². The minimum Gasteiger partial charge on any atom is -0.462 e. The molecule has 11 atom stereocenters. The van der Waals surface area contributed by atoms with Crippen LogP contribution in [0.25, 0.3) is 11.3 Å². The minimum atomic E-state index is -0.364. The van der Waals surface area contributed by atoms with Crippen LogP contribution in [0.4, 0.5) is 4.39 Å². The number of fused-ring (bicyclic) bond motifs is 7. The Morgan fingerprint density at radius 2 is 1.63 bits per heavy atom. The van der Waals surface area contributed by atoms with Crippen LogP contribution < -0.4 is 0 Å². The summed E-state index contributed by atoms with van der Waals surface area (Å²) in [4.78, 5) is 38.1. The smallest absolute Gasteiger partial charge is 0.302 e. The summed E-state index contributed by atoms with van der Waals surface area (Å²) in [6.45, 7) is 21.8. The quantitative estimate of drug-likeness (QED) is 0.247. The molecule has 0 radical (unpaired) electrons. The maximum absolute atomic E-state index is 15.4. The van der Waals surface area contributed by atoms with Gasteiger partial charge < -0.3 is 14.6 Å². The molecule has 3 unspecified atom stereocenters. The molecule has 5 aliphatic carbocycles. The van der Waals surface area contributed by atoms with E-state index in [1.54, 1.807) is 19.1 Å². The first kappa shape index (κ1) is 36.0. The van der Waals surface area contributed by atoms with Gasteiger partial charge in [0.05, 0.1) is 23.3 Å². The highest BCUT2D eigenvalue weighted by molar-refractivity contribution is 5.84. The van der Waals surface area contributed by atoms with Crippen LogP contribution in [0.3, 0.4) is 0 Å². The van der Waals surface area contributed by atoms with Crippen molar-refractivity contribution in [2.45, 2.75) is 138 Å². The minimum absolute atomic E-state index is 0.0134. The zero-order chi connectivity index (χ0) is 37.0. The Bertz CT molecular complexity index is 1750. The third kappa shape index (κ3) is 5.01. The molecular formula is C45H62FN3O3. The van der Waals surface area contributed by atoms with E-state index in [4.69, 9.17) is 9.72 Å². The number of hydrogen-bond acceptors (Lipinski definition) is 4. The molecule has 1 saturated heterocycles. The number of amides is 1. The SMILES string of the molecule is C=C(C)[C@@H]1CC[C@]2(C(=O)N3CCC[C@H]3c3ncc(-c4ccc(F)cc4)[nH]3)CC[C@]3(C)[C@H](CCC4[C@@]5(C)CC[C@H](OC(C)=O)C(C)(C)C5CC[C@]43C)C12. The summed E-state index contributed by atoms with van der Waals surface area (Å²) in [6, 6.07) is 6.45. The maximum atomic E-state index is 15.4. The molecule has 6 nitrogen and oxygen atoms in total. The molecule has 2 heterocycles. The number of likely N-dealkylation sites (tertiary alicyclic amines) is 1. The van der Waals surface area contributed by atoms with Gasteiger partial charge in [0.25, 0.3) is 0 Å². The number of imidazole rings is 1. The van der Waals surface area contributed by atoms with Gasteiger partial charge in [0.2, 0.25) is 5.91 Å². The number of nitrogens with zero attached hydrogens (tertiary/aromatic N) is 2. The van der Waals surface area contributed by atoms with Gasteiger partial charge in [0.1, 0.15) is 17.7 Å². The molecule has 1 aromatic heterocycles. The highest BCUT2D eigenvalue weighted by atomic mass is 19.1. The molecule has 1 aliphatic heterocycles. The molecule has 52 heavy (non-hydrogen) atoms. The Kier molecular flexibility index (Phi) is 8.51. The summed E-state index contributed by atoms with van der Waals surface area (Å²) < 4.78 is 19.6. The highest BCUT2D eigenvalue weighted by Gasteiger charge is 2.72. The number of halogens is 1. The van der Waals surface area contributed by atoms with Crippen LogP contribution in [0.15, 0.2) is 42.6 Å². The number of ether oxygens (including phenoxy) is 1. The fourth-order valence-corrected chi connectivity index (χ4v) is 14.8. The van der Waals surface area contributed by atoms with Crippen molar-refractivity contribution in [2.75, 3.05) is 6.54 Å². The van der Waals surface area contributed by atoms with Crippen molar-refractivity contribution in [3.05, 3.63) is 54.3 Å². The van der Waals surface area contributed by atoms with Gasteiger partial charge in [-0.15, -0.1) is 0 Å². The fraction of sp³-hybridized carbons (Fsp3) is 0.711. The second kappa shape index (κ2) is 12.3. The number of aromatic amines is 1. The second-order valence-corrected chi connectivity index (χ2v) is 19.6. The Labute approximate surface area is 311 Å². The Hall–Kier alpha value is -2.96.